The van der Waals surface area contributed by atoms with E-state index in [1.165, 1.54) is 43.8 Å². The maximum absolute atomic E-state index is 8.11. The molecule has 0 saturated heterocycles. The molecule has 2 heterocycles. The van der Waals surface area contributed by atoms with E-state index in [9.17, 15) is 0 Å². The molecule has 0 aliphatic heterocycles. The summed E-state index contributed by atoms with van der Waals surface area (Å²) in [4.78, 5) is 8.68. The van der Waals surface area contributed by atoms with Gasteiger partial charge in [-0.1, -0.05) is 127 Å². The third kappa shape index (κ3) is 6.04. The second-order valence-corrected chi connectivity index (χ2v) is 13.5. The monoisotopic (exact) mass is 705 g/mol. The van der Waals surface area contributed by atoms with E-state index in [1.54, 1.807) is 18.3 Å². The van der Waals surface area contributed by atoms with Gasteiger partial charge in [0, 0.05) is 41.6 Å². The van der Waals surface area contributed by atoms with Crippen molar-refractivity contribution in [3.63, 3.8) is 0 Å². The number of allylic oxidation sites excluding steroid dienone is 4. The van der Waals surface area contributed by atoms with Crippen LogP contribution in [-0.2, 0) is 0 Å². The lowest BCUT2D eigenvalue weighted by Gasteiger charge is -2.19. The zero-order valence-electron chi connectivity index (χ0n) is 29.9. The molecule has 2 aromatic heterocycles. The summed E-state index contributed by atoms with van der Waals surface area (Å²) in [7, 11) is 0. The Balaban J connectivity index is 0.000000144. The van der Waals surface area contributed by atoms with Crippen molar-refractivity contribution >= 4 is 65.8 Å². The summed E-state index contributed by atoms with van der Waals surface area (Å²) in [6, 6.07) is 50.3. The van der Waals surface area contributed by atoms with Gasteiger partial charge in [-0.25, -0.2) is 0 Å². The van der Waals surface area contributed by atoms with Crippen LogP contribution in [-0.4, -0.2) is 21.4 Å². The van der Waals surface area contributed by atoms with Crippen molar-refractivity contribution in [1.29, 1.82) is 10.8 Å². The van der Waals surface area contributed by atoms with E-state index < -0.39 is 0 Å². The van der Waals surface area contributed by atoms with Crippen LogP contribution < -0.4 is 5.73 Å². The predicted molar refractivity (Wildman–Crippen MR) is 232 cm³/mol. The Morgan fingerprint density at radius 1 is 0.364 bits per heavy atom. The zero-order valence-corrected chi connectivity index (χ0v) is 29.9. The predicted octanol–water partition coefficient (Wildman–Crippen LogP) is 12.4. The summed E-state index contributed by atoms with van der Waals surface area (Å²) in [5.74, 6) is 0. The number of rotatable bonds is 4. The van der Waals surface area contributed by atoms with Gasteiger partial charge in [0.2, 0.25) is 0 Å². The van der Waals surface area contributed by atoms with Crippen LogP contribution in [0.2, 0.25) is 0 Å². The number of hydrogen-bond donors (Lipinski definition) is 3. The van der Waals surface area contributed by atoms with Gasteiger partial charge in [0.25, 0.3) is 0 Å². The van der Waals surface area contributed by atoms with E-state index in [1.807, 2.05) is 61.1 Å². The SMILES string of the molecule is N=C1C=CC(c2c3ccccc3c(-c3cccnc3)c3ccccc23)=CC1=N.Nc1ccc(-c2c3ccccc3c(-c3cccnc3)c3ccccc23)cc1. The van der Waals surface area contributed by atoms with Gasteiger partial charge in [-0.2, -0.15) is 0 Å². The number of nitrogens with zero attached hydrogens (tertiary/aromatic N) is 2. The van der Waals surface area contributed by atoms with Gasteiger partial charge in [-0.15, -0.1) is 0 Å². The van der Waals surface area contributed by atoms with E-state index in [0.29, 0.717) is 0 Å². The van der Waals surface area contributed by atoms with E-state index in [0.717, 1.165) is 49.5 Å². The van der Waals surface area contributed by atoms with Crippen LogP contribution in [0.4, 0.5) is 5.69 Å². The topological polar surface area (TPSA) is 99.5 Å². The average Bonchev–Trinajstić information content (AvgIpc) is 3.24. The van der Waals surface area contributed by atoms with Crippen LogP contribution in [0.5, 0.6) is 0 Å². The number of hydrogen-bond acceptors (Lipinski definition) is 5. The first-order valence-corrected chi connectivity index (χ1v) is 18.2. The largest absolute Gasteiger partial charge is 0.399 e. The van der Waals surface area contributed by atoms with Crippen LogP contribution in [0.3, 0.4) is 0 Å². The average molecular weight is 706 g/mol. The highest BCUT2D eigenvalue weighted by molar-refractivity contribution is 6.50. The maximum atomic E-state index is 8.11. The summed E-state index contributed by atoms with van der Waals surface area (Å²) < 4.78 is 0. The normalized spacial score (nSPS) is 12.5. The smallest absolute Gasteiger partial charge is 0.0795 e. The first kappa shape index (κ1) is 33.3. The highest BCUT2D eigenvalue weighted by atomic mass is 14.6. The van der Waals surface area contributed by atoms with Gasteiger partial charge in [0.1, 0.15) is 0 Å². The van der Waals surface area contributed by atoms with Crippen molar-refractivity contribution in [2.75, 3.05) is 5.73 Å². The molecule has 1 aliphatic carbocycles. The van der Waals surface area contributed by atoms with Crippen LogP contribution in [0, 0.1) is 10.8 Å². The second-order valence-electron chi connectivity index (χ2n) is 13.5. The number of nitrogen functional groups attached to an aromatic ring is 1. The standard InChI is InChI=1S/C25H17N3.C25H18N2/c26-22-12-11-16(14-23(22)27)24-18-7-1-3-9-20(18)25(17-6-5-13-28-15-17)21-10-4-2-8-19(21)24;26-19-13-11-17(12-14-19)24-20-7-1-3-9-22(20)25(18-6-5-15-27-16-18)23-10-4-2-8-21(23)24/h1-15,26-27H;1-16H,26H2. The molecule has 0 bridgehead atoms. The number of aromatic nitrogens is 2. The van der Waals surface area contributed by atoms with E-state index in [4.69, 9.17) is 16.6 Å². The summed E-state index contributed by atoms with van der Waals surface area (Å²) in [5, 5.41) is 25.5. The molecule has 0 amide bonds. The van der Waals surface area contributed by atoms with Crippen molar-refractivity contribution in [3.05, 3.63) is 194 Å². The Bertz CT molecular complexity index is 2890. The van der Waals surface area contributed by atoms with Crippen molar-refractivity contribution < 1.29 is 0 Å². The lowest BCUT2D eigenvalue weighted by molar-refractivity contribution is 1.33. The van der Waals surface area contributed by atoms with Crippen molar-refractivity contribution in [3.8, 4) is 33.4 Å². The summed E-state index contributed by atoms with van der Waals surface area (Å²) in [6.45, 7) is 0. The fraction of sp³-hybridized carbons (Fsp3) is 0. The van der Waals surface area contributed by atoms with E-state index >= 15 is 0 Å². The minimum Gasteiger partial charge on any atom is -0.399 e. The minimum atomic E-state index is 0.238. The quantitative estimate of drug-likeness (QED) is 0.0965. The van der Waals surface area contributed by atoms with Crippen LogP contribution in [0.25, 0.3) is 82.0 Å². The molecule has 4 N–H and O–H groups in total. The Morgan fingerprint density at radius 2 is 0.745 bits per heavy atom. The first-order valence-electron chi connectivity index (χ1n) is 18.2. The molecule has 10 rings (SSSR count). The third-order valence-corrected chi connectivity index (χ3v) is 10.3. The lowest BCUT2D eigenvalue weighted by atomic mass is 9.85. The molecular weight excluding hydrogens is 671 g/mol. The van der Waals surface area contributed by atoms with E-state index in [-0.39, 0.29) is 11.4 Å². The molecule has 0 spiro atoms. The first-order chi connectivity index (χ1) is 27.1. The number of nitrogens with two attached hydrogens (primary N) is 1. The molecule has 0 fully saturated rings. The Morgan fingerprint density at radius 3 is 1.11 bits per heavy atom. The number of nitrogens with one attached hydrogen (secondary N) is 2. The highest BCUT2D eigenvalue weighted by Crippen LogP contribution is 2.44. The van der Waals surface area contributed by atoms with Gasteiger partial charge in [0.15, 0.2) is 0 Å². The molecule has 0 unspecified atom stereocenters. The van der Waals surface area contributed by atoms with Crippen molar-refractivity contribution in [2.45, 2.75) is 0 Å². The summed E-state index contributed by atoms with van der Waals surface area (Å²) in [5.41, 5.74) is 16.3. The maximum Gasteiger partial charge on any atom is 0.0795 e. The second kappa shape index (κ2) is 14.1. The van der Waals surface area contributed by atoms with Gasteiger partial charge >= 0.3 is 0 Å². The fourth-order valence-electron chi connectivity index (χ4n) is 7.87. The van der Waals surface area contributed by atoms with Gasteiger partial charge in [-0.05, 0) is 113 Å². The molecule has 0 radical (unpaired) electrons. The molecule has 5 heteroatoms. The van der Waals surface area contributed by atoms with Crippen molar-refractivity contribution in [2.24, 2.45) is 0 Å². The molecular formula is C50H35N5. The Labute approximate surface area is 318 Å². The van der Waals surface area contributed by atoms with Crippen LogP contribution in [0.15, 0.2) is 189 Å². The summed E-state index contributed by atoms with van der Waals surface area (Å²) >= 11 is 0. The van der Waals surface area contributed by atoms with Crippen LogP contribution in [0.1, 0.15) is 5.56 Å². The molecule has 260 valence electrons. The molecule has 5 nitrogen and oxygen atoms in total. The Hall–Kier alpha value is -7.50. The molecule has 9 aromatic rings. The lowest BCUT2D eigenvalue weighted by Crippen LogP contribution is -2.10. The molecule has 0 atom stereocenters. The number of anilines is 1. The van der Waals surface area contributed by atoms with Crippen LogP contribution >= 0.6 is 0 Å². The fourth-order valence-corrected chi connectivity index (χ4v) is 7.87. The van der Waals surface area contributed by atoms with Gasteiger partial charge in [0.05, 0.1) is 11.4 Å². The number of benzene rings is 7. The molecule has 0 saturated carbocycles. The highest BCUT2D eigenvalue weighted by Gasteiger charge is 2.19. The number of pyridine rings is 2. The van der Waals surface area contributed by atoms with Gasteiger partial charge < -0.3 is 5.73 Å². The molecule has 55 heavy (non-hydrogen) atoms. The number of fused-ring (bicyclic) bond motifs is 4. The van der Waals surface area contributed by atoms with Gasteiger partial charge in [-0.3, -0.25) is 20.8 Å². The third-order valence-electron chi connectivity index (χ3n) is 10.3. The minimum absolute atomic E-state index is 0.238. The zero-order chi connectivity index (χ0) is 37.3. The van der Waals surface area contributed by atoms with E-state index in [2.05, 4.69) is 119 Å². The Kier molecular flexibility index (Phi) is 8.57. The molecule has 1 aliphatic rings. The summed E-state index contributed by atoms with van der Waals surface area (Å²) in [6.07, 6.45) is 12.9. The van der Waals surface area contributed by atoms with Crippen molar-refractivity contribution in [1.82, 2.24) is 9.97 Å². The molecule has 7 aromatic carbocycles.